The molecule has 1 heterocycles. The summed E-state index contributed by atoms with van der Waals surface area (Å²) in [6, 6.07) is 13.2. The molecule has 0 aliphatic carbocycles. The van der Waals surface area contributed by atoms with E-state index in [0.717, 1.165) is 16.2 Å². The fraction of sp³-hybridized carbons (Fsp3) is 0.250. The Morgan fingerprint density at radius 3 is 2.59 bits per heavy atom. The standard InChI is InChI=1S/C24H24ClN3O6/c1-15-19(16(2)34-27-15)13-32-18-8-6-7-17(11-18)24(31)33-14-23(30)28(3)12-22(29)26-21-10-5-4-9-20(21)25/h4-11H,12-14H2,1-3H3,(H,26,29). The number of rotatable bonds is 9. The first-order valence-corrected chi connectivity index (χ1v) is 10.7. The molecule has 0 fully saturated rings. The van der Waals surface area contributed by atoms with Crippen LogP contribution in [0.15, 0.2) is 53.1 Å². The van der Waals surface area contributed by atoms with E-state index in [2.05, 4.69) is 10.5 Å². The van der Waals surface area contributed by atoms with Crippen molar-refractivity contribution < 1.29 is 28.4 Å². The molecule has 178 valence electrons. The molecule has 0 bridgehead atoms. The van der Waals surface area contributed by atoms with Crippen molar-refractivity contribution in [2.75, 3.05) is 25.5 Å². The Labute approximate surface area is 201 Å². The summed E-state index contributed by atoms with van der Waals surface area (Å²) in [5.41, 5.74) is 2.23. The Morgan fingerprint density at radius 1 is 1.12 bits per heavy atom. The van der Waals surface area contributed by atoms with E-state index in [-0.39, 0.29) is 18.7 Å². The van der Waals surface area contributed by atoms with Gasteiger partial charge in [0, 0.05) is 7.05 Å². The van der Waals surface area contributed by atoms with Crippen molar-refractivity contribution in [1.82, 2.24) is 10.1 Å². The van der Waals surface area contributed by atoms with Crippen LogP contribution in [0, 0.1) is 13.8 Å². The Kier molecular flexibility index (Phi) is 8.26. The van der Waals surface area contributed by atoms with Gasteiger partial charge in [0.2, 0.25) is 5.91 Å². The summed E-state index contributed by atoms with van der Waals surface area (Å²) in [5, 5.41) is 6.89. The van der Waals surface area contributed by atoms with Gasteiger partial charge < -0.3 is 24.2 Å². The number of aryl methyl sites for hydroxylation is 2. The van der Waals surface area contributed by atoms with Gasteiger partial charge in [-0.3, -0.25) is 9.59 Å². The third kappa shape index (κ3) is 6.58. The molecule has 9 nitrogen and oxygen atoms in total. The summed E-state index contributed by atoms with van der Waals surface area (Å²) in [4.78, 5) is 38.0. The molecule has 0 radical (unpaired) electrons. The Morgan fingerprint density at radius 2 is 1.88 bits per heavy atom. The first-order valence-electron chi connectivity index (χ1n) is 10.3. The van der Waals surface area contributed by atoms with Gasteiger partial charge in [0.15, 0.2) is 6.61 Å². The van der Waals surface area contributed by atoms with E-state index in [1.54, 1.807) is 49.4 Å². The lowest BCUT2D eigenvalue weighted by Crippen LogP contribution is -2.37. The number of amides is 2. The largest absolute Gasteiger partial charge is 0.489 e. The zero-order valence-corrected chi connectivity index (χ0v) is 19.7. The van der Waals surface area contributed by atoms with Gasteiger partial charge in [-0.1, -0.05) is 35.0 Å². The Balaban J connectivity index is 1.48. The predicted octanol–water partition coefficient (Wildman–Crippen LogP) is 3.78. The van der Waals surface area contributed by atoms with Crippen LogP contribution >= 0.6 is 11.6 Å². The lowest BCUT2D eigenvalue weighted by atomic mass is 10.2. The molecule has 34 heavy (non-hydrogen) atoms. The fourth-order valence-corrected chi connectivity index (χ4v) is 3.14. The highest BCUT2D eigenvalue weighted by Gasteiger charge is 2.17. The van der Waals surface area contributed by atoms with Crippen molar-refractivity contribution >= 4 is 35.1 Å². The first-order chi connectivity index (χ1) is 16.2. The van der Waals surface area contributed by atoms with Crippen LogP contribution in [0.5, 0.6) is 5.75 Å². The van der Waals surface area contributed by atoms with Gasteiger partial charge in [0.25, 0.3) is 5.91 Å². The summed E-state index contributed by atoms with van der Waals surface area (Å²) in [6.07, 6.45) is 0. The van der Waals surface area contributed by atoms with Gasteiger partial charge in [0.1, 0.15) is 18.1 Å². The average Bonchev–Trinajstić information content (AvgIpc) is 3.14. The van der Waals surface area contributed by atoms with Gasteiger partial charge in [-0.05, 0) is 44.2 Å². The number of esters is 1. The van der Waals surface area contributed by atoms with E-state index < -0.39 is 24.4 Å². The van der Waals surface area contributed by atoms with Gasteiger partial charge in [-0.25, -0.2) is 4.79 Å². The molecule has 0 saturated heterocycles. The molecule has 0 saturated carbocycles. The van der Waals surface area contributed by atoms with Crippen LogP contribution < -0.4 is 10.1 Å². The molecule has 1 N–H and O–H groups in total. The van der Waals surface area contributed by atoms with Gasteiger partial charge in [-0.15, -0.1) is 0 Å². The number of hydrogen-bond acceptors (Lipinski definition) is 7. The van der Waals surface area contributed by atoms with Gasteiger partial charge in [-0.2, -0.15) is 0 Å². The molecule has 2 amide bonds. The van der Waals surface area contributed by atoms with Crippen molar-refractivity contribution in [3.8, 4) is 5.75 Å². The second-order valence-electron chi connectivity index (χ2n) is 7.47. The molecule has 10 heteroatoms. The number of ether oxygens (including phenoxy) is 2. The van der Waals surface area contributed by atoms with Gasteiger partial charge >= 0.3 is 5.97 Å². The smallest absolute Gasteiger partial charge is 0.338 e. The third-order valence-electron chi connectivity index (χ3n) is 4.92. The third-order valence-corrected chi connectivity index (χ3v) is 5.24. The minimum absolute atomic E-state index is 0.225. The number of nitrogens with zero attached hydrogens (tertiary/aromatic N) is 2. The fourth-order valence-electron chi connectivity index (χ4n) is 2.95. The number of anilines is 1. The van der Waals surface area contributed by atoms with E-state index in [4.69, 9.17) is 25.6 Å². The number of likely N-dealkylation sites (N-methyl/N-ethyl adjacent to an activating group) is 1. The lowest BCUT2D eigenvalue weighted by Gasteiger charge is -2.17. The number of nitrogens with one attached hydrogen (secondary N) is 1. The van der Waals surface area contributed by atoms with E-state index >= 15 is 0 Å². The topological polar surface area (TPSA) is 111 Å². The zero-order valence-electron chi connectivity index (χ0n) is 19.0. The molecule has 3 aromatic rings. The van der Waals surface area contributed by atoms with E-state index in [0.29, 0.717) is 22.2 Å². The minimum Gasteiger partial charge on any atom is -0.489 e. The second-order valence-corrected chi connectivity index (χ2v) is 7.88. The zero-order chi connectivity index (χ0) is 24.7. The normalized spacial score (nSPS) is 10.5. The molecule has 0 unspecified atom stereocenters. The maximum absolute atomic E-state index is 12.4. The highest BCUT2D eigenvalue weighted by Crippen LogP contribution is 2.21. The van der Waals surface area contributed by atoms with Crippen molar-refractivity contribution in [2.45, 2.75) is 20.5 Å². The van der Waals surface area contributed by atoms with Crippen LogP contribution in [-0.4, -0.2) is 48.0 Å². The lowest BCUT2D eigenvalue weighted by molar-refractivity contribution is -0.136. The van der Waals surface area contributed by atoms with Crippen molar-refractivity contribution in [1.29, 1.82) is 0 Å². The molecular formula is C24H24ClN3O6. The molecule has 0 spiro atoms. The van der Waals surface area contributed by atoms with E-state index in [1.807, 2.05) is 6.92 Å². The van der Waals surface area contributed by atoms with E-state index in [1.165, 1.54) is 13.1 Å². The number of carbonyl (C=O) groups is 3. The average molecular weight is 486 g/mol. The highest BCUT2D eigenvalue weighted by molar-refractivity contribution is 6.33. The first kappa shape index (κ1) is 24.8. The molecule has 1 aromatic heterocycles. The molecular weight excluding hydrogens is 462 g/mol. The minimum atomic E-state index is -0.690. The van der Waals surface area contributed by atoms with Crippen molar-refractivity contribution in [2.24, 2.45) is 0 Å². The van der Waals surface area contributed by atoms with Crippen molar-refractivity contribution in [3.63, 3.8) is 0 Å². The monoisotopic (exact) mass is 485 g/mol. The SMILES string of the molecule is Cc1noc(C)c1COc1cccc(C(=O)OCC(=O)N(C)CC(=O)Nc2ccccc2Cl)c1. The molecule has 0 atom stereocenters. The predicted molar refractivity (Wildman–Crippen MR) is 125 cm³/mol. The Bertz CT molecular complexity index is 1170. The molecule has 3 rings (SSSR count). The highest BCUT2D eigenvalue weighted by atomic mass is 35.5. The number of halogens is 1. The quantitative estimate of drug-likeness (QED) is 0.459. The van der Waals surface area contributed by atoms with Crippen LogP contribution in [-0.2, 0) is 20.9 Å². The number of para-hydroxylation sites is 1. The molecule has 2 aromatic carbocycles. The summed E-state index contributed by atoms with van der Waals surface area (Å²) < 4.78 is 15.9. The van der Waals surface area contributed by atoms with Crippen LogP contribution in [0.2, 0.25) is 5.02 Å². The maximum Gasteiger partial charge on any atom is 0.338 e. The van der Waals surface area contributed by atoms with Crippen molar-refractivity contribution in [3.05, 3.63) is 76.1 Å². The van der Waals surface area contributed by atoms with Crippen LogP contribution in [0.4, 0.5) is 5.69 Å². The van der Waals surface area contributed by atoms with Crippen LogP contribution in [0.1, 0.15) is 27.4 Å². The summed E-state index contributed by atoms with van der Waals surface area (Å²) in [5.74, 6) is -0.540. The maximum atomic E-state index is 12.4. The summed E-state index contributed by atoms with van der Waals surface area (Å²) >= 11 is 6.01. The van der Waals surface area contributed by atoms with Gasteiger partial charge in [0.05, 0.1) is 34.1 Å². The summed E-state index contributed by atoms with van der Waals surface area (Å²) in [7, 11) is 1.44. The van der Waals surface area contributed by atoms with Crippen LogP contribution in [0.3, 0.4) is 0 Å². The molecule has 0 aliphatic rings. The van der Waals surface area contributed by atoms with Crippen LogP contribution in [0.25, 0.3) is 0 Å². The molecule has 0 aliphatic heterocycles. The number of hydrogen-bond donors (Lipinski definition) is 1. The van der Waals surface area contributed by atoms with E-state index in [9.17, 15) is 14.4 Å². The number of aromatic nitrogens is 1. The summed E-state index contributed by atoms with van der Waals surface area (Å²) in [6.45, 7) is 3.10. The second kappa shape index (κ2) is 11.3. The number of benzene rings is 2. The number of carbonyl (C=O) groups excluding carboxylic acids is 3. The Hall–Kier alpha value is -3.85.